The third kappa shape index (κ3) is 3.14. The fourth-order valence-corrected chi connectivity index (χ4v) is 2.09. The maximum atomic E-state index is 10.8. The van der Waals surface area contributed by atoms with Crippen molar-refractivity contribution in [1.29, 1.82) is 5.39 Å². The van der Waals surface area contributed by atoms with Gasteiger partial charge in [-0.1, -0.05) is 11.6 Å². The summed E-state index contributed by atoms with van der Waals surface area (Å²) in [5.74, 6) is 0. The smallest absolute Gasteiger partial charge is 0.408 e. The van der Waals surface area contributed by atoms with Gasteiger partial charge in [-0.05, 0) is 19.1 Å². The number of benzene rings is 1. The second-order valence-corrected chi connectivity index (χ2v) is 4.47. The topological polar surface area (TPSA) is 82.5 Å². The van der Waals surface area contributed by atoms with Crippen molar-refractivity contribution >= 4 is 27.4 Å². The Morgan fingerprint density at radius 1 is 1.47 bits per heavy atom. The molecule has 0 aromatic heterocycles. The Kier molecular flexibility index (Phi) is 4.67. The van der Waals surface area contributed by atoms with Crippen molar-refractivity contribution in [2.75, 3.05) is 0 Å². The Morgan fingerprint density at radius 2 is 2.00 bits per heavy atom. The Hall–Kier alpha value is -0.680. The van der Waals surface area contributed by atoms with E-state index in [9.17, 15) is 8.42 Å². The molecular weight excluding hydrogens is 308 g/mol. The largest absolute Gasteiger partial charge is 1.00 e. The Bertz CT molecular complexity index is 524. The lowest BCUT2D eigenvalue weighted by Crippen LogP contribution is -3.00. The zero-order valence-electron chi connectivity index (χ0n) is 7.48. The van der Waals surface area contributed by atoms with E-state index in [1.54, 1.807) is 0 Å². The van der Waals surface area contributed by atoms with Crippen molar-refractivity contribution in [1.82, 2.24) is 0 Å². The molecule has 5 nitrogen and oxygen atoms in total. The van der Waals surface area contributed by atoms with Gasteiger partial charge in [-0.3, -0.25) is 4.55 Å². The molecule has 8 heteroatoms. The highest BCUT2D eigenvalue weighted by Crippen LogP contribution is 2.31. The summed E-state index contributed by atoms with van der Waals surface area (Å²) in [6.07, 6.45) is 0. The van der Waals surface area contributed by atoms with Gasteiger partial charge in [-0.15, -0.1) is 0 Å². The van der Waals surface area contributed by atoms with Gasteiger partial charge < -0.3 is 17.0 Å². The maximum Gasteiger partial charge on any atom is 0.408 e. The number of aryl methyl sites for hydroxylation is 1. The number of diazo groups is 1. The Balaban J connectivity index is 0.00000196. The normalized spacial score (nSPS) is 10.3. The van der Waals surface area contributed by atoms with Crippen LogP contribution in [0.15, 0.2) is 17.0 Å². The molecule has 1 rings (SSSR count). The van der Waals surface area contributed by atoms with E-state index in [2.05, 4.69) is 4.98 Å². The quantitative estimate of drug-likeness (QED) is 0.553. The molecule has 1 N–H and O–H groups in total. The summed E-state index contributed by atoms with van der Waals surface area (Å²) >= 11 is 5.59. The van der Waals surface area contributed by atoms with Gasteiger partial charge >= 0.3 is 15.8 Å². The zero-order valence-corrected chi connectivity index (χ0v) is 10.6. The van der Waals surface area contributed by atoms with E-state index >= 15 is 0 Å². The number of hydrogen-bond acceptors (Lipinski definition) is 3. The molecule has 0 aliphatic carbocycles. The fraction of sp³-hybridized carbons (Fsp3) is 0.143. The first-order chi connectivity index (χ1) is 6.36. The minimum absolute atomic E-state index is 0. The van der Waals surface area contributed by atoms with Crippen molar-refractivity contribution in [3.63, 3.8) is 0 Å². The lowest BCUT2D eigenvalue weighted by molar-refractivity contribution is -0.00000723. The third-order valence-electron chi connectivity index (χ3n) is 1.61. The van der Waals surface area contributed by atoms with E-state index < -0.39 is 15.0 Å². The Labute approximate surface area is 102 Å². The molecule has 0 amide bonds. The molecule has 0 bridgehead atoms. The molecule has 1 aromatic carbocycles. The summed E-state index contributed by atoms with van der Waals surface area (Å²) < 4.78 is 30.5. The lowest BCUT2D eigenvalue weighted by atomic mass is 10.2. The highest BCUT2D eigenvalue weighted by Gasteiger charge is 2.27. The highest BCUT2D eigenvalue weighted by atomic mass is 79.9. The zero-order chi connectivity index (χ0) is 10.9. The van der Waals surface area contributed by atoms with Crippen LogP contribution in [0.5, 0.6) is 0 Å². The van der Waals surface area contributed by atoms with Gasteiger partial charge in [-0.25, -0.2) is 0 Å². The highest BCUT2D eigenvalue weighted by molar-refractivity contribution is 7.86. The van der Waals surface area contributed by atoms with Crippen LogP contribution in [0.2, 0.25) is 5.02 Å². The summed E-state index contributed by atoms with van der Waals surface area (Å²) in [5.41, 5.74) is 0.143. The van der Waals surface area contributed by atoms with Gasteiger partial charge in [0.25, 0.3) is 0 Å². The van der Waals surface area contributed by atoms with E-state index in [1.807, 2.05) is 0 Å². The molecule has 15 heavy (non-hydrogen) atoms. The molecule has 82 valence electrons. The van der Waals surface area contributed by atoms with Crippen LogP contribution in [0.1, 0.15) is 5.56 Å². The molecule has 0 aliphatic heterocycles. The van der Waals surface area contributed by atoms with E-state index in [0.29, 0.717) is 5.56 Å². The van der Waals surface area contributed by atoms with Gasteiger partial charge in [0.15, 0.2) is 9.87 Å². The van der Waals surface area contributed by atoms with Crippen molar-refractivity contribution in [2.45, 2.75) is 11.8 Å². The summed E-state index contributed by atoms with van der Waals surface area (Å²) in [6, 6.07) is 2.43. The van der Waals surface area contributed by atoms with Gasteiger partial charge in [-0.2, -0.15) is 8.42 Å². The molecule has 0 radical (unpaired) electrons. The van der Waals surface area contributed by atoms with Crippen molar-refractivity contribution in [3.05, 3.63) is 27.7 Å². The van der Waals surface area contributed by atoms with Crippen LogP contribution in [0.3, 0.4) is 0 Å². The van der Waals surface area contributed by atoms with Crippen LogP contribution >= 0.6 is 11.6 Å². The molecule has 0 fully saturated rings. The van der Waals surface area contributed by atoms with Crippen molar-refractivity contribution in [2.24, 2.45) is 0 Å². The van der Waals surface area contributed by atoms with Crippen LogP contribution in [-0.2, 0) is 10.1 Å². The Morgan fingerprint density at radius 3 is 2.40 bits per heavy atom. The molecule has 0 atom stereocenters. The van der Waals surface area contributed by atoms with Gasteiger partial charge in [0.05, 0.1) is 0 Å². The maximum absolute atomic E-state index is 10.8. The lowest BCUT2D eigenvalue weighted by Gasteiger charge is -1.96. The summed E-state index contributed by atoms with van der Waals surface area (Å²) in [6.45, 7) is 1.51. The first-order valence-corrected chi connectivity index (χ1v) is 5.31. The van der Waals surface area contributed by atoms with Crippen LogP contribution in [-0.4, -0.2) is 13.0 Å². The van der Waals surface area contributed by atoms with Crippen LogP contribution < -0.4 is 17.0 Å². The van der Waals surface area contributed by atoms with Gasteiger partial charge in [0.2, 0.25) is 5.39 Å². The molecule has 0 spiro atoms. The summed E-state index contributed by atoms with van der Waals surface area (Å²) in [4.78, 5) is 2.27. The third-order valence-corrected chi connectivity index (χ3v) is 2.69. The van der Waals surface area contributed by atoms with E-state index in [1.165, 1.54) is 13.0 Å². The molecule has 0 heterocycles. The number of rotatable bonds is 1. The molecular formula is C7H6BrClN2O3S. The van der Waals surface area contributed by atoms with Gasteiger partial charge in [0.1, 0.15) is 0 Å². The average molecular weight is 314 g/mol. The molecule has 0 saturated heterocycles. The van der Waals surface area contributed by atoms with Crippen LogP contribution in [0, 0.1) is 12.3 Å². The SMILES string of the molecule is Cc1cc(Cl)cc(S(=O)(=O)O)c1[N+]#N.[Br-]. The fourth-order valence-electron chi connectivity index (χ4n) is 1.03. The van der Waals surface area contributed by atoms with Gasteiger partial charge in [0, 0.05) is 10.6 Å². The van der Waals surface area contributed by atoms with Crippen molar-refractivity contribution < 1.29 is 30.0 Å². The molecule has 1 aromatic rings. The van der Waals surface area contributed by atoms with Crippen LogP contribution in [0.4, 0.5) is 5.69 Å². The minimum atomic E-state index is -4.43. The standard InChI is InChI=1S/C7H5ClN2O3S.BrH/c1-4-2-5(8)3-6(7(4)10-9)14(11,12)13;/h2-3H,1H3;1H. The van der Waals surface area contributed by atoms with E-state index in [-0.39, 0.29) is 27.7 Å². The monoisotopic (exact) mass is 312 g/mol. The van der Waals surface area contributed by atoms with Crippen molar-refractivity contribution in [3.8, 4) is 0 Å². The number of hydrogen-bond donors (Lipinski definition) is 1. The minimum Gasteiger partial charge on any atom is -1.00 e. The predicted octanol–water partition coefficient (Wildman–Crippen LogP) is -0.616. The first kappa shape index (κ1) is 14.3. The molecule has 0 saturated carbocycles. The summed E-state index contributed by atoms with van der Waals surface area (Å²) in [5, 5.41) is 8.70. The number of nitrogens with zero attached hydrogens (tertiary/aromatic N) is 2. The summed E-state index contributed by atoms with van der Waals surface area (Å²) in [7, 11) is -4.43. The second-order valence-electron chi connectivity index (χ2n) is 2.64. The van der Waals surface area contributed by atoms with E-state index in [0.717, 1.165) is 6.07 Å². The van der Waals surface area contributed by atoms with E-state index in [4.69, 9.17) is 21.5 Å². The number of halogens is 2. The first-order valence-electron chi connectivity index (χ1n) is 3.49. The molecule has 0 aliphatic rings. The molecule has 0 unspecified atom stereocenters. The average Bonchev–Trinajstić information content (AvgIpc) is 2.01. The second kappa shape index (κ2) is 4.90. The van der Waals surface area contributed by atoms with Crippen LogP contribution in [0.25, 0.3) is 4.98 Å². The predicted molar refractivity (Wildman–Crippen MR) is 50.7 cm³/mol.